The van der Waals surface area contributed by atoms with Gasteiger partial charge >= 0.3 is 0 Å². The van der Waals surface area contributed by atoms with Crippen LogP contribution in [-0.2, 0) is 14.4 Å². The fourth-order valence-electron chi connectivity index (χ4n) is 1.73. The zero-order chi connectivity index (χ0) is 18.6. The van der Waals surface area contributed by atoms with Gasteiger partial charge < -0.3 is 21.5 Å². The predicted octanol–water partition coefficient (Wildman–Crippen LogP) is 0.204. The van der Waals surface area contributed by atoms with Crippen LogP contribution < -0.4 is 16.4 Å². The number of aliphatic hydroxyl groups excluding tert-OH is 1. The molecule has 0 aliphatic rings. The lowest BCUT2D eigenvalue weighted by atomic mass is 9.93. The van der Waals surface area contributed by atoms with E-state index in [0.717, 1.165) is 13.0 Å². The average Bonchev–Trinajstić information content (AvgIpc) is 2.48. The van der Waals surface area contributed by atoms with Gasteiger partial charge in [0.25, 0.3) is 0 Å². The zero-order valence-electron chi connectivity index (χ0n) is 15.2. The minimum absolute atomic E-state index is 0.173. The molecule has 7 heteroatoms. The Balaban J connectivity index is 0. The van der Waals surface area contributed by atoms with Crippen molar-refractivity contribution in [2.45, 2.75) is 60.1 Å². The maximum absolute atomic E-state index is 11.8. The van der Waals surface area contributed by atoms with Gasteiger partial charge in [0.1, 0.15) is 6.04 Å². The van der Waals surface area contributed by atoms with Crippen LogP contribution >= 0.6 is 0 Å². The van der Waals surface area contributed by atoms with E-state index in [1.165, 1.54) is 13.8 Å². The molecule has 23 heavy (non-hydrogen) atoms. The van der Waals surface area contributed by atoms with Crippen molar-refractivity contribution >= 4 is 17.6 Å². The number of carbonyl (C=O) groups is 3. The number of hydrogen-bond donors (Lipinski definition) is 4. The van der Waals surface area contributed by atoms with E-state index >= 15 is 0 Å². The summed E-state index contributed by atoms with van der Waals surface area (Å²) in [7, 11) is 0. The molecular weight excluding hydrogens is 298 g/mol. The summed E-state index contributed by atoms with van der Waals surface area (Å²) in [6, 6.07) is -0.939. The summed E-state index contributed by atoms with van der Waals surface area (Å²) in [5.41, 5.74) is 4.85. The minimum Gasteiger partial charge on any atom is -0.391 e. The SMILES string of the molecule is CCC(C)C(C)C(=O)NCC(=O)NC(C(C)=O)C(C)O.CCN. The van der Waals surface area contributed by atoms with Gasteiger partial charge in [-0.3, -0.25) is 14.4 Å². The summed E-state index contributed by atoms with van der Waals surface area (Å²) in [6.45, 7) is 11.0. The van der Waals surface area contributed by atoms with Crippen LogP contribution in [0.1, 0.15) is 48.0 Å². The number of ketones is 1. The average molecular weight is 331 g/mol. The van der Waals surface area contributed by atoms with E-state index < -0.39 is 18.1 Å². The van der Waals surface area contributed by atoms with Crippen molar-refractivity contribution in [1.82, 2.24) is 10.6 Å². The van der Waals surface area contributed by atoms with E-state index in [-0.39, 0.29) is 30.1 Å². The van der Waals surface area contributed by atoms with Crippen LogP contribution in [0.25, 0.3) is 0 Å². The van der Waals surface area contributed by atoms with Gasteiger partial charge in [-0.1, -0.05) is 34.1 Å². The lowest BCUT2D eigenvalue weighted by Crippen LogP contribution is -2.50. The number of nitrogens with one attached hydrogen (secondary N) is 2. The second-order valence-electron chi connectivity index (χ2n) is 5.70. The number of Topliss-reactive ketones (excluding diaryl/α,β-unsaturated/α-hetero) is 1. The van der Waals surface area contributed by atoms with Gasteiger partial charge in [-0.05, 0) is 26.3 Å². The van der Waals surface area contributed by atoms with Crippen LogP contribution in [0.2, 0.25) is 0 Å². The maximum Gasteiger partial charge on any atom is 0.240 e. The molecule has 0 fully saturated rings. The Hall–Kier alpha value is -1.47. The molecule has 2 amide bonds. The molecule has 0 saturated carbocycles. The molecule has 0 spiro atoms. The predicted molar refractivity (Wildman–Crippen MR) is 90.6 cm³/mol. The molecule has 136 valence electrons. The van der Waals surface area contributed by atoms with Crippen LogP contribution in [0.4, 0.5) is 0 Å². The second-order valence-corrected chi connectivity index (χ2v) is 5.70. The molecule has 0 bridgehead atoms. The largest absolute Gasteiger partial charge is 0.391 e. The molecule has 0 aliphatic heterocycles. The highest BCUT2D eigenvalue weighted by atomic mass is 16.3. The van der Waals surface area contributed by atoms with Crippen LogP contribution in [0.3, 0.4) is 0 Å². The first-order valence-electron chi connectivity index (χ1n) is 8.07. The molecule has 0 rings (SSSR count). The molecule has 5 N–H and O–H groups in total. The highest BCUT2D eigenvalue weighted by molar-refractivity contribution is 5.90. The monoisotopic (exact) mass is 331 g/mol. The van der Waals surface area contributed by atoms with Crippen LogP contribution in [0.15, 0.2) is 0 Å². The highest BCUT2D eigenvalue weighted by Gasteiger charge is 2.23. The Bertz CT molecular complexity index is 372. The standard InChI is InChI=1S/C14H26N2O4.C2H7N/c1-6-8(2)9(3)14(20)15-7-12(19)16-13(10(4)17)11(5)18;1-2-3/h8-10,13,17H,6-7H2,1-5H3,(H,15,20)(H,16,19);2-3H2,1H3. The summed E-state index contributed by atoms with van der Waals surface area (Å²) in [5.74, 6) is -0.942. The third-order valence-electron chi connectivity index (χ3n) is 3.57. The van der Waals surface area contributed by atoms with Crippen molar-refractivity contribution in [3.8, 4) is 0 Å². The molecule has 0 heterocycles. The van der Waals surface area contributed by atoms with Gasteiger partial charge in [-0.25, -0.2) is 0 Å². The highest BCUT2D eigenvalue weighted by Crippen LogP contribution is 2.13. The third kappa shape index (κ3) is 10.8. The van der Waals surface area contributed by atoms with Crippen LogP contribution in [0.5, 0.6) is 0 Å². The molecular formula is C16H33N3O4. The molecule has 0 aromatic carbocycles. The summed E-state index contributed by atoms with van der Waals surface area (Å²) in [4.78, 5) is 34.7. The van der Waals surface area contributed by atoms with Gasteiger partial charge in [0, 0.05) is 5.92 Å². The number of amides is 2. The van der Waals surface area contributed by atoms with Gasteiger partial charge in [0.15, 0.2) is 5.78 Å². The second kappa shape index (κ2) is 13.0. The third-order valence-corrected chi connectivity index (χ3v) is 3.57. The molecule has 4 unspecified atom stereocenters. The summed E-state index contributed by atoms with van der Waals surface area (Å²) < 4.78 is 0. The first-order chi connectivity index (χ1) is 10.6. The van der Waals surface area contributed by atoms with E-state index in [4.69, 9.17) is 5.73 Å². The number of nitrogens with two attached hydrogens (primary N) is 1. The molecule has 0 aromatic heterocycles. The fraction of sp³-hybridized carbons (Fsp3) is 0.812. The molecule has 4 atom stereocenters. The van der Waals surface area contributed by atoms with Crippen molar-refractivity contribution in [2.24, 2.45) is 17.6 Å². The Morgan fingerprint density at radius 1 is 1.13 bits per heavy atom. The Labute approximate surface area is 139 Å². The van der Waals surface area contributed by atoms with Crippen molar-refractivity contribution < 1.29 is 19.5 Å². The maximum atomic E-state index is 11.8. The molecule has 0 aliphatic carbocycles. The molecule has 0 aromatic rings. The van der Waals surface area contributed by atoms with E-state index in [9.17, 15) is 19.5 Å². The van der Waals surface area contributed by atoms with Crippen molar-refractivity contribution in [3.05, 3.63) is 0 Å². The summed E-state index contributed by atoms with van der Waals surface area (Å²) >= 11 is 0. The molecule has 0 radical (unpaired) electrons. The van der Waals surface area contributed by atoms with E-state index in [1.807, 2.05) is 27.7 Å². The Morgan fingerprint density at radius 3 is 1.96 bits per heavy atom. The van der Waals surface area contributed by atoms with Gasteiger partial charge in [-0.15, -0.1) is 0 Å². The smallest absolute Gasteiger partial charge is 0.240 e. The molecule has 7 nitrogen and oxygen atoms in total. The zero-order valence-corrected chi connectivity index (χ0v) is 15.2. The van der Waals surface area contributed by atoms with E-state index in [1.54, 1.807) is 0 Å². The van der Waals surface area contributed by atoms with E-state index in [0.29, 0.717) is 0 Å². The fourth-order valence-corrected chi connectivity index (χ4v) is 1.73. The van der Waals surface area contributed by atoms with Crippen LogP contribution in [0, 0.1) is 11.8 Å². The quantitative estimate of drug-likeness (QED) is 0.506. The molecule has 0 saturated heterocycles. The lowest BCUT2D eigenvalue weighted by molar-refractivity contribution is -0.131. The van der Waals surface area contributed by atoms with Crippen molar-refractivity contribution in [1.29, 1.82) is 0 Å². The topological polar surface area (TPSA) is 122 Å². The number of aliphatic hydroxyl groups is 1. The first-order valence-corrected chi connectivity index (χ1v) is 8.07. The Kier molecular flexibility index (Phi) is 13.5. The van der Waals surface area contributed by atoms with E-state index in [2.05, 4.69) is 10.6 Å². The number of rotatable bonds is 8. The van der Waals surface area contributed by atoms with Gasteiger partial charge in [0.2, 0.25) is 11.8 Å². The van der Waals surface area contributed by atoms with Gasteiger partial charge in [0.05, 0.1) is 12.6 Å². The minimum atomic E-state index is -0.966. The normalized spacial score (nSPS) is 15.3. The number of carbonyl (C=O) groups excluding carboxylic acids is 3. The van der Waals surface area contributed by atoms with Crippen LogP contribution in [-0.4, -0.2) is 47.9 Å². The lowest BCUT2D eigenvalue weighted by Gasteiger charge is -2.20. The first kappa shape index (κ1) is 23.8. The van der Waals surface area contributed by atoms with Gasteiger partial charge in [-0.2, -0.15) is 0 Å². The number of hydrogen-bond acceptors (Lipinski definition) is 5. The van der Waals surface area contributed by atoms with Crippen molar-refractivity contribution in [3.63, 3.8) is 0 Å². The van der Waals surface area contributed by atoms with Crippen molar-refractivity contribution in [2.75, 3.05) is 13.1 Å². The summed E-state index contributed by atoms with van der Waals surface area (Å²) in [6.07, 6.45) is -0.0823. The Morgan fingerprint density at radius 2 is 1.61 bits per heavy atom. The summed E-state index contributed by atoms with van der Waals surface area (Å²) in [5, 5.41) is 14.3.